The Labute approximate surface area is 230 Å². The number of thiocarbonyl (C=S) groups is 1. The van der Waals surface area contributed by atoms with E-state index in [0.29, 0.717) is 23.3 Å². The van der Waals surface area contributed by atoms with Crippen LogP contribution in [0.4, 0.5) is 16.5 Å². The number of ether oxygens (including phenoxy) is 2. The zero-order valence-electron chi connectivity index (χ0n) is 20.2. The molecule has 0 saturated carbocycles. The minimum Gasteiger partial charge on any atom is -0.492 e. The SMILES string of the molecule is S=C(Nc1ccc(Cl)cc1)Nc1ccc(CNc2nc3ccc(OCCN4CCOCC4)cc3s2)cc1. The topological polar surface area (TPSA) is 70.7 Å². The van der Waals surface area contributed by atoms with E-state index < -0.39 is 0 Å². The lowest BCUT2D eigenvalue weighted by Crippen LogP contribution is -2.38. The highest BCUT2D eigenvalue weighted by molar-refractivity contribution is 7.80. The summed E-state index contributed by atoms with van der Waals surface area (Å²) in [6, 6.07) is 21.6. The number of rotatable bonds is 9. The van der Waals surface area contributed by atoms with Crippen LogP contribution in [0.2, 0.25) is 5.02 Å². The van der Waals surface area contributed by atoms with Gasteiger partial charge in [0.15, 0.2) is 10.2 Å². The van der Waals surface area contributed by atoms with Crippen molar-refractivity contribution in [3.8, 4) is 5.75 Å². The van der Waals surface area contributed by atoms with Gasteiger partial charge in [-0.05, 0) is 72.4 Å². The Hall–Kier alpha value is -2.95. The van der Waals surface area contributed by atoms with Crippen molar-refractivity contribution in [2.45, 2.75) is 6.54 Å². The summed E-state index contributed by atoms with van der Waals surface area (Å²) in [5.74, 6) is 0.877. The fraction of sp³-hybridized carbons (Fsp3) is 0.259. The maximum Gasteiger partial charge on any atom is 0.184 e. The average Bonchev–Trinajstić information content (AvgIpc) is 3.32. The van der Waals surface area contributed by atoms with Crippen molar-refractivity contribution < 1.29 is 9.47 Å². The first kappa shape index (κ1) is 25.7. The van der Waals surface area contributed by atoms with E-state index in [0.717, 1.165) is 70.9 Å². The Kier molecular flexibility index (Phi) is 8.70. The first-order valence-corrected chi connectivity index (χ1v) is 13.7. The number of fused-ring (bicyclic) bond motifs is 1. The summed E-state index contributed by atoms with van der Waals surface area (Å²) in [4.78, 5) is 7.08. The standard InChI is InChI=1S/C27H28ClN5O2S2/c28-20-3-7-22(8-4-20)31-26(36)30-21-5-1-19(2-6-21)18-29-27-32-24-10-9-23(17-25(24)37-27)35-16-13-33-11-14-34-15-12-33/h1-10,17H,11-16,18H2,(H,29,32)(H2,30,31,36). The number of hydrogen-bond donors (Lipinski definition) is 3. The van der Waals surface area contributed by atoms with Crippen LogP contribution in [0.1, 0.15) is 5.56 Å². The first-order valence-electron chi connectivity index (χ1n) is 12.1. The molecule has 1 aliphatic heterocycles. The van der Waals surface area contributed by atoms with E-state index in [2.05, 4.69) is 39.0 Å². The smallest absolute Gasteiger partial charge is 0.184 e. The van der Waals surface area contributed by atoms with Crippen LogP contribution in [0.3, 0.4) is 0 Å². The Morgan fingerprint density at radius 3 is 2.43 bits per heavy atom. The van der Waals surface area contributed by atoms with Crippen LogP contribution in [0.15, 0.2) is 66.7 Å². The second kappa shape index (κ2) is 12.5. The molecule has 1 aliphatic rings. The number of nitrogens with one attached hydrogen (secondary N) is 3. The molecule has 0 atom stereocenters. The van der Waals surface area contributed by atoms with Gasteiger partial charge in [-0.2, -0.15) is 0 Å². The third-order valence-electron chi connectivity index (χ3n) is 5.90. The summed E-state index contributed by atoms with van der Waals surface area (Å²) in [6.07, 6.45) is 0. The van der Waals surface area contributed by atoms with Gasteiger partial charge < -0.3 is 25.4 Å². The fourth-order valence-electron chi connectivity index (χ4n) is 3.90. The van der Waals surface area contributed by atoms with Gasteiger partial charge in [0, 0.05) is 42.6 Å². The van der Waals surface area contributed by atoms with Crippen molar-refractivity contribution in [2.24, 2.45) is 0 Å². The van der Waals surface area contributed by atoms with Crippen molar-refractivity contribution >= 4 is 67.0 Å². The van der Waals surface area contributed by atoms with Crippen molar-refractivity contribution in [3.05, 3.63) is 77.3 Å². The molecule has 10 heteroatoms. The lowest BCUT2D eigenvalue weighted by atomic mass is 10.2. The van der Waals surface area contributed by atoms with Gasteiger partial charge in [-0.15, -0.1) is 0 Å². The number of anilines is 3. The summed E-state index contributed by atoms with van der Waals surface area (Å²) >= 11 is 13.0. The molecule has 3 aromatic carbocycles. The highest BCUT2D eigenvalue weighted by Crippen LogP contribution is 2.29. The van der Waals surface area contributed by atoms with Gasteiger partial charge in [-0.1, -0.05) is 35.1 Å². The number of morpholine rings is 1. The molecule has 37 heavy (non-hydrogen) atoms. The van der Waals surface area contributed by atoms with Crippen LogP contribution in [-0.4, -0.2) is 54.5 Å². The zero-order chi connectivity index (χ0) is 25.5. The maximum atomic E-state index is 5.98. The number of benzene rings is 3. The number of hydrogen-bond acceptors (Lipinski definition) is 7. The van der Waals surface area contributed by atoms with Crippen molar-refractivity contribution in [1.82, 2.24) is 9.88 Å². The average molecular weight is 554 g/mol. The zero-order valence-corrected chi connectivity index (χ0v) is 22.6. The van der Waals surface area contributed by atoms with E-state index in [1.165, 1.54) is 0 Å². The van der Waals surface area contributed by atoms with Crippen molar-refractivity contribution in [1.29, 1.82) is 0 Å². The highest BCUT2D eigenvalue weighted by atomic mass is 35.5. The molecule has 4 aromatic rings. The highest BCUT2D eigenvalue weighted by Gasteiger charge is 2.10. The molecule has 5 rings (SSSR count). The van der Waals surface area contributed by atoms with E-state index in [-0.39, 0.29) is 0 Å². The number of nitrogens with zero attached hydrogens (tertiary/aromatic N) is 2. The summed E-state index contributed by atoms with van der Waals surface area (Å²) < 4.78 is 12.5. The Morgan fingerprint density at radius 1 is 1.00 bits per heavy atom. The van der Waals surface area contributed by atoms with E-state index >= 15 is 0 Å². The molecule has 2 heterocycles. The maximum absolute atomic E-state index is 5.98. The Bertz CT molecular complexity index is 1330. The largest absolute Gasteiger partial charge is 0.492 e. The van der Waals surface area contributed by atoms with E-state index in [4.69, 9.17) is 38.3 Å². The van der Waals surface area contributed by atoms with Gasteiger partial charge in [-0.3, -0.25) is 4.90 Å². The molecule has 0 radical (unpaired) electrons. The molecule has 0 aliphatic carbocycles. The minimum atomic E-state index is 0.520. The summed E-state index contributed by atoms with van der Waals surface area (Å²) in [5.41, 5.74) is 3.91. The van der Waals surface area contributed by atoms with Crippen LogP contribution in [0.25, 0.3) is 10.2 Å². The normalized spacial score (nSPS) is 13.9. The monoisotopic (exact) mass is 553 g/mol. The van der Waals surface area contributed by atoms with Crippen molar-refractivity contribution in [3.63, 3.8) is 0 Å². The van der Waals surface area contributed by atoms with Crippen LogP contribution in [0, 0.1) is 0 Å². The number of aromatic nitrogens is 1. The Balaban J connectivity index is 1.09. The molecule has 192 valence electrons. The fourth-order valence-corrected chi connectivity index (χ4v) is 5.15. The molecule has 7 nitrogen and oxygen atoms in total. The Morgan fingerprint density at radius 2 is 1.70 bits per heavy atom. The van der Waals surface area contributed by atoms with E-state index in [1.54, 1.807) is 11.3 Å². The molecule has 0 amide bonds. The number of thiazole rings is 1. The molecular formula is C27H28ClN5O2S2. The third kappa shape index (κ3) is 7.53. The van der Waals surface area contributed by atoms with Gasteiger partial charge in [0.1, 0.15) is 12.4 Å². The second-order valence-corrected chi connectivity index (χ2v) is 10.5. The van der Waals surface area contributed by atoms with Crippen LogP contribution in [-0.2, 0) is 11.3 Å². The summed E-state index contributed by atoms with van der Waals surface area (Å²) in [6.45, 7) is 5.82. The third-order valence-corrected chi connectivity index (χ3v) is 7.33. The predicted molar refractivity (Wildman–Crippen MR) is 157 cm³/mol. The lowest BCUT2D eigenvalue weighted by Gasteiger charge is -2.26. The summed E-state index contributed by atoms with van der Waals surface area (Å²) in [5, 5.41) is 11.9. The second-order valence-electron chi connectivity index (χ2n) is 8.59. The van der Waals surface area contributed by atoms with Gasteiger partial charge in [0.25, 0.3) is 0 Å². The van der Waals surface area contributed by atoms with Gasteiger partial charge in [-0.25, -0.2) is 4.98 Å². The molecule has 0 spiro atoms. The van der Waals surface area contributed by atoms with Gasteiger partial charge >= 0.3 is 0 Å². The molecule has 1 aromatic heterocycles. The quantitative estimate of drug-likeness (QED) is 0.215. The molecule has 0 unspecified atom stereocenters. The number of halogens is 1. The van der Waals surface area contributed by atoms with E-state index in [9.17, 15) is 0 Å². The lowest BCUT2D eigenvalue weighted by molar-refractivity contribution is 0.0322. The van der Waals surface area contributed by atoms with Gasteiger partial charge in [0.2, 0.25) is 0 Å². The van der Waals surface area contributed by atoms with Gasteiger partial charge in [0.05, 0.1) is 23.4 Å². The van der Waals surface area contributed by atoms with Crippen LogP contribution < -0.4 is 20.7 Å². The minimum absolute atomic E-state index is 0.520. The predicted octanol–water partition coefficient (Wildman–Crippen LogP) is 6.08. The van der Waals surface area contributed by atoms with Crippen LogP contribution in [0.5, 0.6) is 5.75 Å². The molecule has 1 saturated heterocycles. The summed E-state index contributed by atoms with van der Waals surface area (Å²) in [7, 11) is 0. The van der Waals surface area contributed by atoms with Crippen molar-refractivity contribution in [2.75, 3.05) is 55.4 Å². The molecule has 1 fully saturated rings. The molecule has 3 N–H and O–H groups in total. The molecule has 0 bridgehead atoms. The first-order chi connectivity index (χ1) is 18.1. The molecular weight excluding hydrogens is 526 g/mol. The van der Waals surface area contributed by atoms with Crippen LogP contribution >= 0.6 is 35.2 Å². The van der Waals surface area contributed by atoms with E-state index in [1.807, 2.05) is 48.5 Å².